The zero-order chi connectivity index (χ0) is 28.0. The lowest BCUT2D eigenvalue weighted by atomic mass is 10.1. The Morgan fingerprint density at radius 2 is 0.972 bits per heavy atom. The predicted molar refractivity (Wildman–Crippen MR) is 117 cm³/mol. The van der Waals surface area contributed by atoms with Crippen LogP contribution in [0.15, 0.2) is 0 Å². The van der Waals surface area contributed by atoms with Gasteiger partial charge < -0.3 is 48.5 Å². The molecule has 36 heavy (non-hydrogen) atoms. The Bertz CT molecular complexity index is 878. The van der Waals surface area contributed by atoms with E-state index in [0.29, 0.717) is 0 Å². The molecule has 0 spiro atoms. The number of hydrogen-bond acceptors (Lipinski definition) is 9. The van der Waals surface area contributed by atoms with Crippen LogP contribution in [-0.2, 0) is 38.4 Å². The minimum absolute atomic E-state index is 0.361. The van der Waals surface area contributed by atoms with Crippen LogP contribution in [0.2, 0.25) is 0 Å². The lowest BCUT2D eigenvalue weighted by Crippen LogP contribution is -2.57. The number of carbonyl (C=O) groups excluding carboxylic acids is 5. The second-order valence-corrected chi connectivity index (χ2v) is 7.67. The van der Waals surface area contributed by atoms with E-state index in [9.17, 15) is 43.5 Å². The van der Waals surface area contributed by atoms with Gasteiger partial charge in [0, 0.05) is 19.3 Å². The zero-order valence-corrected chi connectivity index (χ0v) is 19.1. The maximum atomic E-state index is 12.8. The van der Waals surface area contributed by atoms with Gasteiger partial charge >= 0.3 is 17.9 Å². The van der Waals surface area contributed by atoms with Crippen LogP contribution in [0.1, 0.15) is 44.9 Å². The molecule has 0 heterocycles. The lowest BCUT2D eigenvalue weighted by Gasteiger charge is -2.24. The van der Waals surface area contributed by atoms with Crippen molar-refractivity contribution in [1.29, 1.82) is 0 Å². The number of carboxylic acids is 3. The number of amides is 5. The molecule has 0 aromatic rings. The van der Waals surface area contributed by atoms with Crippen LogP contribution >= 0.6 is 0 Å². The van der Waals surface area contributed by atoms with Gasteiger partial charge in [0.1, 0.15) is 18.1 Å². The van der Waals surface area contributed by atoms with Crippen molar-refractivity contribution in [3.63, 3.8) is 0 Å². The molecule has 0 rings (SSSR count). The molecule has 202 valence electrons. The highest BCUT2D eigenvalue weighted by Crippen LogP contribution is 2.06. The van der Waals surface area contributed by atoms with E-state index in [1.165, 1.54) is 0 Å². The fourth-order valence-corrected chi connectivity index (χ4v) is 2.75. The number of nitrogens with two attached hydrogens (primary N) is 3. The van der Waals surface area contributed by atoms with Gasteiger partial charge in [-0.1, -0.05) is 0 Å². The molecule has 0 radical (unpaired) electrons. The SMILES string of the molecule is NC(=O)CCC(NC(=O)C(N)CC(N)=O)C(=O)NC(CCC(=O)O)C(=O)NC(CCC(=O)O)C(=O)O. The third-order valence-corrected chi connectivity index (χ3v) is 4.61. The van der Waals surface area contributed by atoms with E-state index in [1.54, 1.807) is 0 Å². The summed E-state index contributed by atoms with van der Waals surface area (Å²) in [4.78, 5) is 92.8. The molecular weight excluding hydrogens is 488 g/mol. The molecule has 0 bridgehead atoms. The monoisotopic (exact) mass is 518 g/mol. The van der Waals surface area contributed by atoms with Gasteiger partial charge in [-0.2, -0.15) is 0 Å². The lowest BCUT2D eigenvalue weighted by molar-refractivity contribution is -0.144. The van der Waals surface area contributed by atoms with E-state index in [2.05, 4.69) is 10.6 Å². The second kappa shape index (κ2) is 15.6. The van der Waals surface area contributed by atoms with Crippen LogP contribution in [0.3, 0.4) is 0 Å². The zero-order valence-electron chi connectivity index (χ0n) is 19.1. The van der Waals surface area contributed by atoms with E-state index < -0.39 is 110 Å². The first-order valence-corrected chi connectivity index (χ1v) is 10.5. The molecule has 0 aliphatic carbocycles. The second-order valence-electron chi connectivity index (χ2n) is 7.67. The summed E-state index contributed by atoms with van der Waals surface area (Å²) < 4.78 is 0. The molecule has 0 saturated carbocycles. The fourth-order valence-electron chi connectivity index (χ4n) is 2.75. The van der Waals surface area contributed by atoms with Crippen molar-refractivity contribution in [2.45, 2.75) is 69.1 Å². The van der Waals surface area contributed by atoms with E-state index in [-0.39, 0.29) is 6.42 Å². The molecule has 12 N–H and O–H groups in total. The Labute approximate surface area is 204 Å². The van der Waals surface area contributed by atoms with Gasteiger partial charge in [-0.3, -0.25) is 33.6 Å². The third kappa shape index (κ3) is 13.4. The van der Waals surface area contributed by atoms with Crippen molar-refractivity contribution in [1.82, 2.24) is 16.0 Å². The van der Waals surface area contributed by atoms with Gasteiger partial charge in [-0.05, 0) is 19.3 Å². The molecule has 0 aliphatic heterocycles. The summed E-state index contributed by atoms with van der Waals surface area (Å²) in [6, 6.07) is -6.23. The van der Waals surface area contributed by atoms with Gasteiger partial charge in [0.15, 0.2) is 0 Å². The van der Waals surface area contributed by atoms with Crippen LogP contribution in [0.25, 0.3) is 0 Å². The Balaban J connectivity index is 5.66. The van der Waals surface area contributed by atoms with Crippen LogP contribution in [0.4, 0.5) is 0 Å². The maximum absolute atomic E-state index is 12.8. The highest BCUT2D eigenvalue weighted by atomic mass is 16.4. The number of nitrogens with one attached hydrogen (secondary N) is 3. The molecule has 0 saturated heterocycles. The molecule has 4 unspecified atom stereocenters. The van der Waals surface area contributed by atoms with Gasteiger partial charge in [0.25, 0.3) is 0 Å². The minimum Gasteiger partial charge on any atom is -0.481 e. The summed E-state index contributed by atoms with van der Waals surface area (Å²) in [5.41, 5.74) is 15.6. The van der Waals surface area contributed by atoms with Crippen molar-refractivity contribution in [3.05, 3.63) is 0 Å². The van der Waals surface area contributed by atoms with Crippen molar-refractivity contribution in [2.24, 2.45) is 17.2 Å². The van der Waals surface area contributed by atoms with Crippen molar-refractivity contribution >= 4 is 47.4 Å². The van der Waals surface area contributed by atoms with E-state index >= 15 is 0 Å². The van der Waals surface area contributed by atoms with Gasteiger partial charge in [-0.25, -0.2) is 4.79 Å². The maximum Gasteiger partial charge on any atom is 0.326 e. The Morgan fingerprint density at radius 1 is 0.583 bits per heavy atom. The first kappa shape index (κ1) is 31.7. The first-order valence-electron chi connectivity index (χ1n) is 10.5. The van der Waals surface area contributed by atoms with Gasteiger partial charge in [0.2, 0.25) is 29.5 Å². The van der Waals surface area contributed by atoms with Crippen LogP contribution in [0.5, 0.6) is 0 Å². The van der Waals surface area contributed by atoms with E-state index in [0.717, 1.165) is 0 Å². The normalized spacial score (nSPS) is 13.8. The molecular formula is C19H30N6O11. The number of aliphatic carboxylic acids is 3. The Hall–Kier alpha value is -4.28. The number of primary amides is 2. The largest absolute Gasteiger partial charge is 0.481 e. The van der Waals surface area contributed by atoms with Crippen molar-refractivity contribution < 1.29 is 53.7 Å². The van der Waals surface area contributed by atoms with Crippen molar-refractivity contribution in [2.75, 3.05) is 0 Å². The van der Waals surface area contributed by atoms with Crippen LogP contribution in [-0.4, -0.2) is 86.9 Å². The van der Waals surface area contributed by atoms with Gasteiger partial charge in [-0.15, -0.1) is 0 Å². The minimum atomic E-state index is -1.66. The number of carbonyl (C=O) groups is 8. The quantitative estimate of drug-likeness (QED) is 0.0832. The molecule has 0 aromatic heterocycles. The van der Waals surface area contributed by atoms with Crippen molar-refractivity contribution in [3.8, 4) is 0 Å². The third-order valence-electron chi connectivity index (χ3n) is 4.61. The number of hydrogen-bond donors (Lipinski definition) is 9. The highest BCUT2D eigenvalue weighted by molar-refractivity contribution is 5.95. The summed E-state index contributed by atoms with van der Waals surface area (Å²) in [5.74, 6) is -9.19. The number of rotatable bonds is 18. The average molecular weight is 518 g/mol. The molecule has 0 fully saturated rings. The summed E-state index contributed by atoms with van der Waals surface area (Å²) in [5, 5.41) is 33.3. The fraction of sp³-hybridized carbons (Fsp3) is 0.579. The predicted octanol–water partition coefficient (Wildman–Crippen LogP) is -4.28. The van der Waals surface area contributed by atoms with E-state index in [4.69, 9.17) is 27.4 Å². The molecule has 17 heteroatoms. The van der Waals surface area contributed by atoms with Crippen LogP contribution < -0.4 is 33.2 Å². The standard InChI is InChI=1S/C19H30N6O11/c20-8(7-13(22)27)16(32)23-9(1-4-12(21)26)17(33)24-10(2-5-14(28)29)18(34)25-11(19(35)36)3-6-15(30)31/h8-11H,1-7,20H2,(H2,21,26)(H2,22,27)(H,23,32)(H,24,33)(H,25,34)(H,28,29)(H,30,31)(H,35,36). The van der Waals surface area contributed by atoms with Crippen LogP contribution in [0, 0.1) is 0 Å². The first-order chi connectivity index (χ1) is 16.6. The van der Waals surface area contributed by atoms with E-state index in [1.807, 2.05) is 5.32 Å². The highest BCUT2D eigenvalue weighted by Gasteiger charge is 2.31. The molecule has 0 aromatic carbocycles. The average Bonchev–Trinajstić information content (AvgIpc) is 2.75. The van der Waals surface area contributed by atoms with Gasteiger partial charge in [0.05, 0.1) is 12.5 Å². The Morgan fingerprint density at radius 3 is 1.36 bits per heavy atom. The topological polar surface area (TPSA) is 311 Å². The molecule has 5 amide bonds. The molecule has 17 nitrogen and oxygen atoms in total. The smallest absolute Gasteiger partial charge is 0.326 e. The Kier molecular flexibility index (Phi) is 13.7. The summed E-state index contributed by atoms with van der Waals surface area (Å²) in [7, 11) is 0. The molecule has 0 aliphatic rings. The summed E-state index contributed by atoms with van der Waals surface area (Å²) in [6.07, 6.45) is -3.55. The summed E-state index contributed by atoms with van der Waals surface area (Å²) in [6.45, 7) is 0. The molecule has 4 atom stereocenters. The summed E-state index contributed by atoms with van der Waals surface area (Å²) >= 11 is 0. The number of carboxylic acid groups (broad SMARTS) is 3.